The highest BCUT2D eigenvalue weighted by Gasteiger charge is 2.35. The molecule has 1 atom stereocenters. The van der Waals surface area contributed by atoms with Crippen LogP contribution in [0.3, 0.4) is 0 Å². The molecule has 1 aliphatic rings. The number of unbranched alkanes of at least 4 members (excludes halogenated alkanes) is 1. The quantitative estimate of drug-likeness (QED) is 0.483. The van der Waals surface area contributed by atoms with E-state index in [4.69, 9.17) is 4.74 Å². The van der Waals surface area contributed by atoms with Gasteiger partial charge in [-0.15, -0.1) is 0 Å². The van der Waals surface area contributed by atoms with E-state index in [0.29, 0.717) is 13.2 Å². The standard InChI is InChI=1S/C26H28N2O2/c1-4-5-16-28-25(27-22-13-9-8-12-21(22)26(28)29)24-20-11-7-6-10-19(20)14-15-23(24)30-17-18(2)3/h6-15,25,27H,2,4-5,16-17H2,1,3H3. The van der Waals surface area contributed by atoms with Crippen LogP contribution >= 0.6 is 0 Å². The minimum Gasteiger partial charge on any atom is -0.489 e. The van der Waals surface area contributed by atoms with Gasteiger partial charge in [-0.1, -0.05) is 62.4 Å². The average Bonchev–Trinajstić information content (AvgIpc) is 2.76. The van der Waals surface area contributed by atoms with Gasteiger partial charge < -0.3 is 15.0 Å². The summed E-state index contributed by atoms with van der Waals surface area (Å²) >= 11 is 0. The van der Waals surface area contributed by atoms with Crippen LogP contribution < -0.4 is 10.1 Å². The fourth-order valence-corrected chi connectivity index (χ4v) is 3.96. The molecule has 1 aliphatic heterocycles. The number of fused-ring (bicyclic) bond motifs is 2. The van der Waals surface area contributed by atoms with Crippen LogP contribution in [0.15, 0.2) is 72.8 Å². The van der Waals surface area contributed by atoms with E-state index in [0.717, 1.165) is 51.8 Å². The van der Waals surface area contributed by atoms with E-state index in [1.54, 1.807) is 0 Å². The van der Waals surface area contributed by atoms with Gasteiger partial charge in [-0.2, -0.15) is 0 Å². The molecule has 1 heterocycles. The lowest BCUT2D eigenvalue weighted by Crippen LogP contribution is -2.43. The molecule has 3 aromatic rings. The molecule has 3 aromatic carbocycles. The van der Waals surface area contributed by atoms with Crippen LogP contribution in [0.25, 0.3) is 10.8 Å². The number of hydrogen-bond donors (Lipinski definition) is 1. The van der Waals surface area contributed by atoms with Gasteiger partial charge in [-0.25, -0.2) is 0 Å². The summed E-state index contributed by atoms with van der Waals surface area (Å²) in [4.78, 5) is 15.4. The lowest BCUT2D eigenvalue weighted by Gasteiger charge is -2.39. The van der Waals surface area contributed by atoms with E-state index >= 15 is 0 Å². The highest BCUT2D eigenvalue weighted by Crippen LogP contribution is 2.40. The summed E-state index contributed by atoms with van der Waals surface area (Å²) in [7, 11) is 0. The normalized spacial score (nSPS) is 15.6. The van der Waals surface area contributed by atoms with Crippen molar-refractivity contribution in [2.45, 2.75) is 32.9 Å². The van der Waals surface area contributed by atoms with Gasteiger partial charge in [0.25, 0.3) is 5.91 Å². The van der Waals surface area contributed by atoms with Crippen molar-refractivity contribution in [3.63, 3.8) is 0 Å². The van der Waals surface area contributed by atoms with Crippen LogP contribution in [0.2, 0.25) is 0 Å². The number of carbonyl (C=O) groups is 1. The van der Waals surface area contributed by atoms with Gasteiger partial charge in [0.05, 0.1) is 5.56 Å². The molecule has 0 spiro atoms. The van der Waals surface area contributed by atoms with E-state index < -0.39 is 0 Å². The largest absolute Gasteiger partial charge is 0.489 e. The van der Waals surface area contributed by atoms with Crippen LogP contribution in [0.5, 0.6) is 5.75 Å². The Balaban J connectivity index is 1.88. The summed E-state index contributed by atoms with van der Waals surface area (Å²) in [5.74, 6) is 0.837. The Bertz CT molecular complexity index is 1090. The second-order valence-corrected chi connectivity index (χ2v) is 7.89. The number of hydrogen-bond acceptors (Lipinski definition) is 3. The van der Waals surface area contributed by atoms with Gasteiger partial charge in [0.1, 0.15) is 18.5 Å². The first kappa shape index (κ1) is 20.0. The van der Waals surface area contributed by atoms with Gasteiger partial charge >= 0.3 is 0 Å². The SMILES string of the molecule is C=C(C)COc1ccc2ccccc2c1C1Nc2ccccc2C(=O)N1CCCC. The van der Waals surface area contributed by atoms with E-state index in [-0.39, 0.29) is 12.1 Å². The number of rotatable bonds is 7. The topological polar surface area (TPSA) is 41.6 Å². The number of para-hydroxylation sites is 1. The predicted molar refractivity (Wildman–Crippen MR) is 123 cm³/mol. The third kappa shape index (κ3) is 3.78. The summed E-state index contributed by atoms with van der Waals surface area (Å²) in [6, 6.07) is 20.1. The third-order valence-corrected chi connectivity index (χ3v) is 5.45. The molecule has 0 saturated carbocycles. The maximum atomic E-state index is 13.5. The maximum Gasteiger partial charge on any atom is 0.257 e. The van der Waals surface area contributed by atoms with Crippen LogP contribution in [-0.4, -0.2) is 24.0 Å². The Labute approximate surface area is 178 Å². The fourth-order valence-electron chi connectivity index (χ4n) is 3.96. The Morgan fingerprint density at radius 2 is 1.87 bits per heavy atom. The summed E-state index contributed by atoms with van der Waals surface area (Å²) in [6.45, 7) is 9.19. The molecular formula is C26H28N2O2. The molecule has 0 radical (unpaired) electrons. The number of ether oxygens (including phenoxy) is 1. The van der Waals surface area contributed by atoms with Crippen molar-refractivity contribution in [3.8, 4) is 5.75 Å². The molecule has 1 unspecified atom stereocenters. The van der Waals surface area contributed by atoms with Gasteiger partial charge in [0, 0.05) is 17.8 Å². The first-order valence-electron chi connectivity index (χ1n) is 10.6. The summed E-state index contributed by atoms with van der Waals surface area (Å²) in [5.41, 5.74) is 3.52. The van der Waals surface area contributed by atoms with Crippen molar-refractivity contribution in [3.05, 3.63) is 83.9 Å². The van der Waals surface area contributed by atoms with Gasteiger partial charge in [-0.05, 0) is 47.9 Å². The predicted octanol–water partition coefficient (Wildman–Crippen LogP) is 6.16. The number of anilines is 1. The molecule has 0 saturated heterocycles. The second kappa shape index (κ2) is 8.62. The monoisotopic (exact) mass is 400 g/mol. The van der Waals surface area contributed by atoms with Crippen molar-refractivity contribution < 1.29 is 9.53 Å². The molecule has 4 rings (SSSR count). The van der Waals surface area contributed by atoms with Crippen LogP contribution in [0, 0.1) is 0 Å². The molecule has 0 aromatic heterocycles. The van der Waals surface area contributed by atoms with Crippen molar-refractivity contribution >= 4 is 22.4 Å². The molecule has 4 heteroatoms. The van der Waals surface area contributed by atoms with Crippen LogP contribution in [0.1, 0.15) is 48.8 Å². The summed E-state index contributed by atoms with van der Waals surface area (Å²) < 4.78 is 6.16. The summed E-state index contributed by atoms with van der Waals surface area (Å²) in [6.07, 6.45) is 1.66. The fraction of sp³-hybridized carbons (Fsp3) is 0.269. The maximum absolute atomic E-state index is 13.5. The minimum atomic E-state index is -0.301. The van der Waals surface area contributed by atoms with Crippen LogP contribution in [0.4, 0.5) is 5.69 Å². The van der Waals surface area contributed by atoms with E-state index in [1.807, 2.05) is 54.3 Å². The lowest BCUT2D eigenvalue weighted by molar-refractivity contribution is 0.0679. The lowest BCUT2D eigenvalue weighted by atomic mass is 9.97. The summed E-state index contributed by atoms with van der Waals surface area (Å²) in [5, 5.41) is 5.84. The number of benzene rings is 3. The van der Waals surface area contributed by atoms with E-state index in [9.17, 15) is 4.79 Å². The first-order chi connectivity index (χ1) is 14.6. The minimum absolute atomic E-state index is 0.0570. The number of amides is 1. The highest BCUT2D eigenvalue weighted by molar-refractivity contribution is 6.02. The van der Waals surface area contributed by atoms with Gasteiger partial charge in [0.2, 0.25) is 0 Å². The zero-order chi connectivity index (χ0) is 21.1. The van der Waals surface area contributed by atoms with Gasteiger partial charge in [0.15, 0.2) is 0 Å². The molecule has 0 fully saturated rings. The molecule has 1 amide bonds. The number of nitrogens with one attached hydrogen (secondary N) is 1. The molecule has 1 N–H and O–H groups in total. The second-order valence-electron chi connectivity index (χ2n) is 7.89. The molecule has 30 heavy (non-hydrogen) atoms. The molecule has 0 bridgehead atoms. The zero-order valence-corrected chi connectivity index (χ0v) is 17.7. The highest BCUT2D eigenvalue weighted by atomic mass is 16.5. The zero-order valence-electron chi connectivity index (χ0n) is 17.7. The Hall–Kier alpha value is -3.27. The van der Waals surface area contributed by atoms with Crippen molar-refractivity contribution in [1.29, 1.82) is 0 Å². The number of nitrogens with zero attached hydrogens (tertiary/aromatic N) is 1. The first-order valence-corrected chi connectivity index (χ1v) is 10.6. The molecular weight excluding hydrogens is 372 g/mol. The van der Waals surface area contributed by atoms with Crippen molar-refractivity contribution in [2.75, 3.05) is 18.5 Å². The Kier molecular flexibility index (Phi) is 5.75. The molecule has 0 aliphatic carbocycles. The third-order valence-electron chi connectivity index (χ3n) is 5.45. The van der Waals surface area contributed by atoms with Crippen molar-refractivity contribution in [1.82, 2.24) is 4.90 Å². The van der Waals surface area contributed by atoms with E-state index in [1.165, 1.54) is 0 Å². The van der Waals surface area contributed by atoms with Crippen molar-refractivity contribution in [2.24, 2.45) is 0 Å². The molecule has 154 valence electrons. The van der Waals surface area contributed by atoms with Crippen LogP contribution in [-0.2, 0) is 0 Å². The van der Waals surface area contributed by atoms with Gasteiger partial charge in [-0.3, -0.25) is 4.79 Å². The average molecular weight is 401 g/mol. The Morgan fingerprint density at radius 3 is 2.67 bits per heavy atom. The Morgan fingerprint density at radius 1 is 1.10 bits per heavy atom. The van der Waals surface area contributed by atoms with E-state index in [2.05, 4.69) is 37.0 Å². The molecule has 4 nitrogen and oxygen atoms in total. The number of carbonyl (C=O) groups excluding carboxylic acids is 1. The smallest absolute Gasteiger partial charge is 0.257 e.